The number of benzene rings is 2. The van der Waals surface area contributed by atoms with Crippen molar-refractivity contribution < 1.29 is 13.2 Å². The van der Waals surface area contributed by atoms with E-state index < -0.39 is 10.0 Å². The number of anilines is 1. The highest BCUT2D eigenvalue weighted by Gasteiger charge is 2.36. The van der Waals surface area contributed by atoms with Gasteiger partial charge in [0.2, 0.25) is 15.9 Å². The number of amides is 1. The van der Waals surface area contributed by atoms with E-state index in [9.17, 15) is 13.2 Å². The maximum Gasteiger partial charge on any atom is 0.243 e. The molecule has 0 saturated carbocycles. The molecule has 9 heteroatoms. The third-order valence-electron chi connectivity index (χ3n) is 6.86. The lowest BCUT2D eigenvalue weighted by molar-refractivity contribution is -0.137. The van der Waals surface area contributed by atoms with E-state index in [1.807, 2.05) is 24.0 Å². The van der Waals surface area contributed by atoms with E-state index in [1.54, 1.807) is 23.5 Å². The van der Waals surface area contributed by atoms with Gasteiger partial charge in [-0.2, -0.15) is 4.31 Å². The van der Waals surface area contributed by atoms with E-state index >= 15 is 0 Å². The summed E-state index contributed by atoms with van der Waals surface area (Å²) in [6.45, 7) is 7.48. The summed E-state index contributed by atoms with van der Waals surface area (Å²) < 4.78 is 28.9. The number of hydrogen-bond donors (Lipinski definition) is 0. The number of sulfonamides is 1. The van der Waals surface area contributed by atoms with Crippen LogP contribution in [-0.2, 0) is 14.8 Å². The Labute approximate surface area is 205 Å². The second-order valence-corrected chi connectivity index (χ2v) is 12.2. The number of para-hydroxylation sites is 1. The van der Waals surface area contributed by atoms with Crippen LogP contribution in [0.3, 0.4) is 0 Å². The van der Waals surface area contributed by atoms with E-state index in [-0.39, 0.29) is 18.4 Å². The summed E-state index contributed by atoms with van der Waals surface area (Å²) in [6, 6.07) is 13.2. The third kappa shape index (κ3) is 4.44. The average molecular weight is 499 g/mol. The van der Waals surface area contributed by atoms with Crippen LogP contribution in [0.4, 0.5) is 5.13 Å². The molecule has 0 N–H and O–H groups in total. The number of piperidine rings is 1. The Morgan fingerprint density at radius 2 is 1.74 bits per heavy atom. The van der Waals surface area contributed by atoms with Gasteiger partial charge in [0.05, 0.1) is 21.0 Å². The quantitative estimate of drug-likeness (QED) is 0.549. The van der Waals surface area contributed by atoms with Crippen molar-refractivity contribution in [3.8, 4) is 0 Å². The first kappa shape index (κ1) is 23.3. The number of aryl methyl sites for hydroxylation is 2. The molecule has 2 aliphatic rings. The summed E-state index contributed by atoms with van der Waals surface area (Å²) in [5.41, 5.74) is 3.25. The van der Waals surface area contributed by atoms with Crippen molar-refractivity contribution in [2.75, 3.05) is 44.2 Å². The number of aromatic nitrogens is 1. The van der Waals surface area contributed by atoms with Crippen molar-refractivity contribution in [1.29, 1.82) is 0 Å². The van der Waals surface area contributed by atoms with Crippen LogP contribution < -0.4 is 4.90 Å². The summed E-state index contributed by atoms with van der Waals surface area (Å²) in [5.74, 6) is -0.214. The molecule has 3 heterocycles. The van der Waals surface area contributed by atoms with Crippen LogP contribution in [0, 0.1) is 19.8 Å². The van der Waals surface area contributed by atoms with Crippen LogP contribution in [0.25, 0.3) is 10.2 Å². The Hall–Kier alpha value is -2.49. The molecule has 2 aliphatic heterocycles. The van der Waals surface area contributed by atoms with Crippen LogP contribution in [-0.4, -0.2) is 67.8 Å². The normalized spacial score (nSPS) is 20.1. The molecule has 7 nitrogen and oxygen atoms in total. The zero-order valence-corrected chi connectivity index (χ0v) is 21.2. The fraction of sp³-hybridized carbons (Fsp3) is 0.440. The van der Waals surface area contributed by atoms with Crippen molar-refractivity contribution in [3.05, 3.63) is 53.6 Å². The van der Waals surface area contributed by atoms with Crippen molar-refractivity contribution in [2.24, 2.45) is 5.92 Å². The van der Waals surface area contributed by atoms with Gasteiger partial charge in [0.25, 0.3) is 0 Å². The second kappa shape index (κ2) is 9.28. The van der Waals surface area contributed by atoms with E-state index in [0.29, 0.717) is 31.0 Å². The monoisotopic (exact) mass is 498 g/mol. The number of nitrogens with zero attached hydrogens (tertiary/aromatic N) is 4. The smallest absolute Gasteiger partial charge is 0.243 e. The van der Waals surface area contributed by atoms with Crippen LogP contribution >= 0.6 is 11.3 Å². The van der Waals surface area contributed by atoms with Crippen molar-refractivity contribution in [3.63, 3.8) is 0 Å². The molecule has 0 bridgehead atoms. The first-order valence-electron chi connectivity index (χ1n) is 11.8. The predicted octanol–water partition coefficient (Wildman–Crippen LogP) is 3.66. The minimum absolute atomic E-state index is 0.0728. The number of fused-ring (bicyclic) bond motifs is 1. The Morgan fingerprint density at radius 3 is 2.44 bits per heavy atom. The van der Waals surface area contributed by atoms with E-state index in [0.717, 1.165) is 35.7 Å². The number of rotatable bonds is 4. The zero-order valence-electron chi connectivity index (χ0n) is 19.6. The molecule has 1 amide bonds. The Bertz CT molecular complexity index is 1300. The van der Waals surface area contributed by atoms with Gasteiger partial charge in [0, 0.05) is 39.3 Å². The van der Waals surface area contributed by atoms with E-state index in [4.69, 9.17) is 4.98 Å². The van der Waals surface area contributed by atoms with Gasteiger partial charge in [0.15, 0.2) is 5.13 Å². The summed E-state index contributed by atoms with van der Waals surface area (Å²) >= 11 is 1.70. The molecular weight excluding hydrogens is 468 g/mol. The lowest BCUT2D eigenvalue weighted by atomic mass is 9.98. The number of carbonyl (C=O) groups excluding carboxylic acids is 1. The van der Waals surface area contributed by atoms with Crippen molar-refractivity contribution >= 4 is 42.6 Å². The molecule has 2 saturated heterocycles. The van der Waals surface area contributed by atoms with E-state index in [2.05, 4.69) is 30.0 Å². The van der Waals surface area contributed by atoms with Gasteiger partial charge < -0.3 is 9.80 Å². The van der Waals surface area contributed by atoms with Crippen molar-refractivity contribution in [2.45, 2.75) is 31.6 Å². The maximum absolute atomic E-state index is 13.3. The van der Waals surface area contributed by atoms with Gasteiger partial charge in [0.1, 0.15) is 0 Å². The Kier molecular flexibility index (Phi) is 6.35. The minimum atomic E-state index is -3.59. The van der Waals surface area contributed by atoms with Gasteiger partial charge in [-0.1, -0.05) is 41.2 Å². The summed E-state index contributed by atoms with van der Waals surface area (Å²) in [5, 5.41) is 1.00. The van der Waals surface area contributed by atoms with Gasteiger partial charge in [-0.05, 0) is 50.5 Å². The lowest BCUT2D eigenvalue weighted by Crippen LogP contribution is -2.53. The first-order chi connectivity index (χ1) is 16.3. The van der Waals surface area contributed by atoms with E-state index in [1.165, 1.54) is 14.6 Å². The van der Waals surface area contributed by atoms with Gasteiger partial charge in [-0.3, -0.25) is 4.79 Å². The molecule has 3 aromatic rings. The number of carbonyl (C=O) groups is 1. The first-order valence-corrected chi connectivity index (χ1v) is 14.1. The topological polar surface area (TPSA) is 73.8 Å². The molecule has 2 aromatic carbocycles. The highest BCUT2D eigenvalue weighted by atomic mass is 32.2. The maximum atomic E-state index is 13.3. The van der Waals surface area contributed by atoms with Gasteiger partial charge in [-0.15, -0.1) is 0 Å². The summed E-state index contributed by atoms with van der Waals surface area (Å²) in [7, 11) is -3.59. The van der Waals surface area contributed by atoms with Crippen LogP contribution in [0.15, 0.2) is 47.4 Å². The predicted molar refractivity (Wildman–Crippen MR) is 136 cm³/mol. The lowest BCUT2D eigenvalue weighted by Gasteiger charge is -2.38. The Balaban J connectivity index is 1.22. The second-order valence-electron chi connectivity index (χ2n) is 9.25. The molecule has 34 heavy (non-hydrogen) atoms. The van der Waals surface area contributed by atoms with Crippen LogP contribution in [0.1, 0.15) is 24.0 Å². The molecule has 180 valence electrons. The molecule has 2 fully saturated rings. The number of piperazine rings is 1. The fourth-order valence-electron chi connectivity index (χ4n) is 4.81. The summed E-state index contributed by atoms with van der Waals surface area (Å²) in [6.07, 6.45) is 1.43. The van der Waals surface area contributed by atoms with Crippen LogP contribution in [0.2, 0.25) is 0 Å². The molecule has 1 atom stereocenters. The highest BCUT2D eigenvalue weighted by Crippen LogP contribution is 2.31. The Morgan fingerprint density at radius 1 is 1.00 bits per heavy atom. The number of hydrogen-bond acceptors (Lipinski definition) is 6. The number of thiazole rings is 1. The van der Waals surface area contributed by atoms with Crippen LogP contribution in [0.5, 0.6) is 0 Å². The highest BCUT2D eigenvalue weighted by molar-refractivity contribution is 7.89. The average Bonchev–Trinajstić information content (AvgIpc) is 3.30. The molecular formula is C25H30N4O3S2. The molecule has 0 spiro atoms. The SMILES string of the molecule is Cc1ccc(S(=O)(=O)N2CCCC(C(=O)N3CCN(c4nc5c(C)cccc5s4)CC3)C2)cc1. The standard InChI is InChI=1S/C25H30N4O3S2/c1-18-8-10-21(11-9-18)34(31,32)29-12-4-6-20(17-29)24(30)27-13-15-28(16-14-27)25-26-23-19(2)5-3-7-22(23)33-25/h3,5,7-11,20H,4,6,12-17H2,1-2H3. The fourth-order valence-corrected chi connectivity index (χ4v) is 7.43. The molecule has 1 aromatic heterocycles. The largest absolute Gasteiger partial charge is 0.345 e. The minimum Gasteiger partial charge on any atom is -0.345 e. The summed E-state index contributed by atoms with van der Waals surface area (Å²) in [4.78, 5) is 22.6. The van der Waals surface area contributed by atoms with Crippen molar-refractivity contribution in [1.82, 2.24) is 14.2 Å². The third-order valence-corrected chi connectivity index (χ3v) is 9.82. The van der Waals surface area contributed by atoms with Gasteiger partial charge >= 0.3 is 0 Å². The molecule has 5 rings (SSSR count). The molecule has 0 radical (unpaired) electrons. The zero-order chi connectivity index (χ0) is 23.9. The molecule has 1 unspecified atom stereocenters. The van der Waals surface area contributed by atoms with Gasteiger partial charge in [-0.25, -0.2) is 13.4 Å². The molecule has 0 aliphatic carbocycles.